The fourth-order valence-corrected chi connectivity index (χ4v) is 2.13. The first-order valence-electron chi connectivity index (χ1n) is 6.96. The zero-order chi connectivity index (χ0) is 16.3. The Morgan fingerprint density at radius 1 is 1.23 bits per heavy atom. The van der Waals surface area contributed by atoms with Crippen molar-refractivity contribution in [2.45, 2.75) is 13.8 Å². The highest BCUT2D eigenvalue weighted by Crippen LogP contribution is 2.24. The third-order valence-corrected chi connectivity index (χ3v) is 3.58. The van der Waals surface area contributed by atoms with E-state index in [1.54, 1.807) is 4.90 Å². The Morgan fingerprint density at radius 2 is 1.86 bits per heavy atom. The fraction of sp³-hybridized carbons (Fsp3) is 0.467. The third kappa shape index (κ3) is 3.41. The van der Waals surface area contributed by atoms with Crippen LogP contribution in [0.4, 0.5) is 14.5 Å². The molecule has 120 valence electrons. The van der Waals surface area contributed by atoms with Gasteiger partial charge in [0.15, 0.2) is 0 Å². The average molecular weight is 312 g/mol. The molecule has 22 heavy (non-hydrogen) atoms. The lowest BCUT2D eigenvalue weighted by Crippen LogP contribution is -2.51. The molecule has 5 nitrogen and oxygen atoms in total. The van der Waals surface area contributed by atoms with E-state index in [0.717, 1.165) is 12.1 Å². The van der Waals surface area contributed by atoms with Gasteiger partial charge < -0.3 is 15.0 Å². The van der Waals surface area contributed by atoms with Crippen LogP contribution in [0.15, 0.2) is 18.2 Å². The van der Waals surface area contributed by atoms with Gasteiger partial charge in [0.2, 0.25) is 11.8 Å². The number of ether oxygens (including phenoxy) is 1. The molecule has 2 rings (SSSR count). The highest BCUT2D eigenvalue weighted by molar-refractivity contribution is 6.09. The number of carbonyl (C=O) groups excluding carboxylic acids is 2. The van der Waals surface area contributed by atoms with Gasteiger partial charge in [-0.3, -0.25) is 9.59 Å². The van der Waals surface area contributed by atoms with Crippen molar-refractivity contribution in [3.63, 3.8) is 0 Å². The molecule has 1 aliphatic heterocycles. The predicted octanol–water partition coefficient (Wildman–Crippen LogP) is 1.79. The Labute approximate surface area is 127 Å². The van der Waals surface area contributed by atoms with E-state index < -0.39 is 23.0 Å². The van der Waals surface area contributed by atoms with Gasteiger partial charge in [-0.05, 0) is 26.0 Å². The smallest absolute Gasteiger partial charge is 0.239 e. The number of nitrogens with zero attached hydrogens (tertiary/aromatic N) is 1. The maximum Gasteiger partial charge on any atom is 0.239 e. The highest BCUT2D eigenvalue weighted by Gasteiger charge is 2.39. The van der Waals surface area contributed by atoms with Crippen LogP contribution in [0.5, 0.6) is 0 Å². The topological polar surface area (TPSA) is 58.6 Å². The van der Waals surface area contributed by atoms with Crippen molar-refractivity contribution >= 4 is 17.5 Å². The minimum atomic E-state index is -1.36. The van der Waals surface area contributed by atoms with Gasteiger partial charge in [0.1, 0.15) is 17.0 Å². The van der Waals surface area contributed by atoms with Gasteiger partial charge in [0.05, 0.1) is 18.9 Å². The molecule has 0 aliphatic carbocycles. The van der Waals surface area contributed by atoms with Crippen molar-refractivity contribution < 1.29 is 23.1 Å². The first-order valence-corrected chi connectivity index (χ1v) is 6.96. The molecule has 0 spiro atoms. The summed E-state index contributed by atoms with van der Waals surface area (Å²) in [6, 6.07) is 2.83. The van der Waals surface area contributed by atoms with Gasteiger partial charge in [-0.25, -0.2) is 8.78 Å². The van der Waals surface area contributed by atoms with Crippen molar-refractivity contribution in [3.05, 3.63) is 29.8 Å². The van der Waals surface area contributed by atoms with E-state index in [2.05, 4.69) is 5.32 Å². The molecule has 1 aromatic carbocycles. The molecule has 1 aromatic rings. The number of morpholine rings is 1. The standard InChI is InChI=1S/C15H18F2N2O3/c1-15(2,14(21)19-5-7-22-8-6-19)13(20)18-12-4-3-10(16)9-11(12)17/h3-4,9H,5-8H2,1-2H3,(H,18,20). The third-order valence-electron chi connectivity index (χ3n) is 3.58. The van der Waals surface area contributed by atoms with Crippen LogP contribution in [0.2, 0.25) is 0 Å². The summed E-state index contributed by atoms with van der Waals surface area (Å²) in [6.07, 6.45) is 0. The van der Waals surface area contributed by atoms with E-state index >= 15 is 0 Å². The van der Waals surface area contributed by atoms with Crippen LogP contribution in [0.25, 0.3) is 0 Å². The summed E-state index contributed by atoms with van der Waals surface area (Å²) in [4.78, 5) is 26.3. The quantitative estimate of drug-likeness (QED) is 0.866. The summed E-state index contributed by atoms with van der Waals surface area (Å²) in [5.74, 6) is -2.62. The maximum absolute atomic E-state index is 13.6. The van der Waals surface area contributed by atoms with Crippen LogP contribution in [0.3, 0.4) is 0 Å². The maximum atomic E-state index is 13.6. The van der Waals surface area contributed by atoms with E-state index in [9.17, 15) is 18.4 Å². The Morgan fingerprint density at radius 3 is 2.45 bits per heavy atom. The summed E-state index contributed by atoms with van der Waals surface area (Å²) >= 11 is 0. The SMILES string of the molecule is CC(C)(C(=O)Nc1ccc(F)cc1F)C(=O)N1CCOCC1. The lowest BCUT2D eigenvalue weighted by atomic mass is 9.90. The van der Waals surface area contributed by atoms with Gasteiger partial charge in [-0.15, -0.1) is 0 Å². The fourth-order valence-electron chi connectivity index (χ4n) is 2.13. The molecule has 0 radical (unpaired) electrons. The molecule has 0 bridgehead atoms. The molecule has 1 saturated heterocycles. The summed E-state index contributed by atoms with van der Waals surface area (Å²) in [6.45, 7) is 4.63. The van der Waals surface area contributed by atoms with Crippen molar-refractivity contribution in [2.24, 2.45) is 5.41 Å². The van der Waals surface area contributed by atoms with Crippen molar-refractivity contribution in [1.29, 1.82) is 0 Å². The van der Waals surface area contributed by atoms with Gasteiger partial charge in [0, 0.05) is 19.2 Å². The molecule has 1 aliphatic rings. The van der Waals surface area contributed by atoms with Crippen LogP contribution in [0.1, 0.15) is 13.8 Å². The summed E-state index contributed by atoms with van der Waals surface area (Å²) in [5.41, 5.74) is -1.52. The minimum absolute atomic E-state index is 0.158. The first kappa shape index (κ1) is 16.4. The van der Waals surface area contributed by atoms with Crippen molar-refractivity contribution in [1.82, 2.24) is 4.90 Å². The summed E-state index contributed by atoms with van der Waals surface area (Å²) < 4.78 is 31.6. The number of rotatable bonds is 3. The number of anilines is 1. The zero-order valence-corrected chi connectivity index (χ0v) is 12.5. The van der Waals surface area contributed by atoms with Gasteiger partial charge in [-0.2, -0.15) is 0 Å². The second-order valence-corrected chi connectivity index (χ2v) is 5.61. The van der Waals surface area contributed by atoms with Gasteiger partial charge in [-0.1, -0.05) is 0 Å². The van der Waals surface area contributed by atoms with Crippen molar-refractivity contribution in [2.75, 3.05) is 31.6 Å². The predicted molar refractivity (Wildman–Crippen MR) is 76.2 cm³/mol. The van der Waals surface area contributed by atoms with E-state index in [1.165, 1.54) is 13.8 Å². The number of amides is 2. The Hall–Kier alpha value is -2.02. The second kappa shape index (κ2) is 6.39. The normalized spacial score (nSPS) is 15.5. The molecule has 1 fully saturated rings. The molecular weight excluding hydrogens is 294 g/mol. The lowest BCUT2D eigenvalue weighted by Gasteiger charge is -2.33. The molecule has 1 heterocycles. The number of nitrogens with one attached hydrogen (secondary N) is 1. The molecule has 0 aromatic heterocycles. The van der Waals surface area contributed by atoms with E-state index in [-0.39, 0.29) is 11.6 Å². The first-order chi connectivity index (χ1) is 10.3. The monoisotopic (exact) mass is 312 g/mol. The molecule has 7 heteroatoms. The van der Waals surface area contributed by atoms with E-state index in [0.29, 0.717) is 32.4 Å². The van der Waals surface area contributed by atoms with Crippen molar-refractivity contribution in [3.8, 4) is 0 Å². The molecule has 2 amide bonds. The average Bonchev–Trinajstić information content (AvgIpc) is 2.50. The number of benzene rings is 1. The van der Waals surface area contributed by atoms with Crippen LogP contribution in [-0.4, -0.2) is 43.0 Å². The van der Waals surface area contributed by atoms with Gasteiger partial charge in [0.25, 0.3) is 0 Å². The number of hydrogen-bond donors (Lipinski definition) is 1. The van der Waals surface area contributed by atoms with Crippen LogP contribution >= 0.6 is 0 Å². The molecular formula is C15H18F2N2O3. The Kier molecular flexibility index (Phi) is 4.75. The number of hydrogen-bond acceptors (Lipinski definition) is 3. The zero-order valence-electron chi connectivity index (χ0n) is 12.5. The van der Waals surface area contributed by atoms with Crippen LogP contribution in [0, 0.1) is 17.0 Å². The number of halogens is 2. The van der Waals surface area contributed by atoms with Crippen LogP contribution in [-0.2, 0) is 14.3 Å². The van der Waals surface area contributed by atoms with E-state index in [4.69, 9.17) is 4.74 Å². The minimum Gasteiger partial charge on any atom is -0.378 e. The highest BCUT2D eigenvalue weighted by atomic mass is 19.1. The molecule has 0 unspecified atom stereocenters. The summed E-state index contributed by atoms with van der Waals surface area (Å²) in [7, 11) is 0. The van der Waals surface area contributed by atoms with E-state index in [1.807, 2.05) is 0 Å². The second-order valence-electron chi connectivity index (χ2n) is 5.61. The lowest BCUT2D eigenvalue weighted by molar-refractivity contribution is -0.149. The van der Waals surface area contributed by atoms with Gasteiger partial charge >= 0.3 is 0 Å². The number of carbonyl (C=O) groups is 2. The Balaban J connectivity index is 2.10. The largest absolute Gasteiger partial charge is 0.378 e. The Bertz CT molecular complexity index is 584. The summed E-state index contributed by atoms with van der Waals surface area (Å²) in [5, 5.41) is 2.34. The van der Waals surface area contributed by atoms with Crippen LogP contribution < -0.4 is 5.32 Å². The molecule has 1 N–H and O–H groups in total. The molecule has 0 atom stereocenters. The molecule has 0 saturated carbocycles.